The molecule has 0 aliphatic heterocycles. The van der Waals surface area contributed by atoms with Crippen LogP contribution in [0.3, 0.4) is 0 Å². The van der Waals surface area contributed by atoms with Crippen molar-refractivity contribution in [3.8, 4) is 0 Å². The summed E-state index contributed by atoms with van der Waals surface area (Å²) in [5.41, 5.74) is 8.80. The van der Waals surface area contributed by atoms with Crippen molar-refractivity contribution < 1.29 is 4.79 Å². The highest BCUT2D eigenvalue weighted by Crippen LogP contribution is 2.17. The Labute approximate surface area is 127 Å². The molecule has 0 radical (unpaired) electrons. The molecule has 0 atom stereocenters. The second kappa shape index (κ2) is 5.85. The minimum atomic E-state index is -0.239. The summed E-state index contributed by atoms with van der Waals surface area (Å²) in [5.74, 6) is -0.126. The van der Waals surface area contributed by atoms with Crippen molar-refractivity contribution in [1.82, 2.24) is 20.3 Å². The third-order valence-electron chi connectivity index (χ3n) is 3.46. The first-order valence-corrected chi connectivity index (χ1v) is 7.08. The van der Waals surface area contributed by atoms with Gasteiger partial charge in [0, 0.05) is 29.3 Å². The summed E-state index contributed by atoms with van der Waals surface area (Å²) in [5, 5.41) is 4.04. The fourth-order valence-corrected chi connectivity index (χ4v) is 2.45. The molecule has 2 aromatic heterocycles. The van der Waals surface area contributed by atoms with Gasteiger partial charge in [-0.25, -0.2) is 9.97 Å². The van der Waals surface area contributed by atoms with Gasteiger partial charge in [-0.2, -0.15) is 0 Å². The number of benzene rings is 1. The molecular weight excluding hydrogens is 278 g/mol. The Morgan fingerprint density at radius 2 is 2.14 bits per heavy atom. The van der Waals surface area contributed by atoms with Crippen LogP contribution in [0.1, 0.15) is 21.7 Å². The average Bonchev–Trinajstić information content (AvgIpc) is 2.90. The van der Waals surface area contributed by atoms with E-state index in [1.165, 1.54) is 10.9 Å². The van der Waals surface area contributed by atoms with Gasteiger partial charge in [-0.3, -0.25) is 4.79 Å². The highest BCUT2D eigenvalue weighted by molar-refractivity contribution is 5.92. The molecule has 6 heteroatoms. The number of nitrogens with zero attached hydrogens (tertiary/aromatic N) is 2. The normalized spacial score (nSPS) is 10.8. The number of carbonyl (C=O) groups is 1. The molecular formula is C16H17N5O. The van der Waals surface area contributed by atoms with E-state index < -0.39 is 0 Å². The summed E-state index contributed by atoms with van der Waals surface area (Å²) in [6.45, 7) is 2.31. The Morgan fingerprint density at radius 3 is 2.95 bits per heavy atom. The van der Waals surface area contributed by atoms with Crippen LogP contribution in [0.25, 0.3) is 10.9 Å². The Bertz CT molecular complexity index is 804. The van der Waals surface area contributed by atoms with Gasteiger partial charge in [-0.05, 0) is 31.0 Å². The van der Waals surface area contributed by atoms with Crippen molar-refractivity contribution in [2.45, 2.75) is 13.3 Å². The number of fused-ring (bicyclic) bond motifs is 1. The van der Waals surface area contributed by atoms with Crippen molar-refractivity contribution in [3.05, 3.63) is 53.5 Å². The molecule has 4 N–H and O–H groups in total. The topological polar surface area (TPSA) is 96.7 Å². The fraction of sp³-hybridized carbons (Fsp3) is 0.188. The average molecular weight is 295 g/mol. The van der Waals surface area contributed by atoms with Crippen LogP contribution >= 0.6 is 0 Å². The molecule has 0 aliphatic rings. The molecule has 3 rings (SSSR count). The number of nitrogens with two attached hydrogens (primary N) is 1. The summed E-state index contributed by atoms with van der Waals surface area (Å²) >= 11 is 0. The Morgan fingerprint density at radius 1 is 1.32 bits per heavy atom. The van der Waals surface area contributed by atoms with Crippen molar-refractivity contribution in [3.63, 3.8) is 0 Å². The zero-order valence-electron chi connectivity index (χ0n) is 12.3. The number of aromatic nitrogens is 3. The van der Waals surface area contributed by atoms with Crippen molar-refractivity contribution in [2.75, 3.05) is 12.3 Å². The van der Waals surface area contributed by atoms with Crippen molar-refractivity contribution >= 4 is 22.8 Å². The molecule has 22 heavy (non-hydrogen) atoms. The van der Waals surface area contributed by atoms with E-state index in [0.717, 1.165) is 11.9 Å². The number of aromatic amines is 1. The predicted octanol–water partition coefficient (Wildman–Crippen LogP) is 1.82. The molecule has 1 aromatic carbocycles. The largest absolute Gasteiger partial charge is 0.368 e. The van der Waals surface area contributed by atoms with Crippen LogP contribution < -0.4 is 11.1 Å². The van der Waals surface area contributed by atoms with E-state index in [1.807, 2.05) is 24.4 Å². The van der Waals surface area contributed by atoms with Crippen LogP contribution in [0.15, 0.2) is 36.5 Å². The number of nitrogens with one attached hydrogen (secondary N) is 2. The van der Waals surface area contributed by atoms with E-state index in [1.54, 1.807) is 13.0 Å². The van der Waals surface area contributed by atoms with Gasteiger partial charge in [-0.1, -0.05) is 18.2 Å². The van der Waals surface area contributed by atoms with E-state index in [9.17, 15) is 4.79 Å². The van der Waals surface area contributed by atoms with Gasteiger partial charge >= 0.3 is 0 Å². The van der Waals surface area contributed by atoms with Crippen LogP contribution in [-0.4, -0.2) is 27.4 Å². The summed E-state index contributed by atoms with van der Waals surface area (Å²) in [4.78, 5) is 23.2. The summed E-state index contributed by atoms with van der Waals surface area (Å²) in [6, 6.07) is 9.72. The first-order valence-electron chi connectivity index (χ1n) is 7.08. The number of H-pyrrole nitrogens is 1. The van der Waals surface area contributed by atoms with Gasteiger partial charge in [0.2, 0.25) is 5.95 Å². The molecule has 2 heterocycles. The number of nitrogen functional groups attached to an aromatic ring is 1. The van der Waals surface area contributed by atoms with E-state index in [4.69, 9.17) is 5.73 Å². The molecule has 1 amide bonds. The molecule has 0 fully saturated rings. The third kappa shape index (κ3) is 2.90. The molecule has 112 valence electrons. The molecule has 3 aromatic rings. The van der Waals surface area contributed by atoms with Gasteiger partial charge in [0.15, 0.2) is 0 Å². The quantitative estimate of drug-likeness (QED) is 0.684. The van der Waals surface area contributed by atoms with Gasteiger partial charge in [0.25, 0.3) is 5.91 Å². The fourth-order valence-electron chi connectivity index (χ4n) is 2.45. The first-order chi connectivity index (χ1) is 10.6. The lowest BCUT2D eigenvalue weighted by atomic mass is 10.1. The first kappa shape index (κ1) is 14.1. The zero-order valence-corrected chi connectivity index (χ0v) is 12.3. The highest BCUT2D eigenvalue weighted by Gasteiger charge is 2.09. The summed E-state index contributed by atoms with van der Waals surface area (Å²) < 4.78 is 0. The standard InChI is InChI=1S/C16H17N5O/c1-10-8-14(21-16(17)20-10)15(22)18-7-6-11-9-19-13-5-3-2-4-12(11)13/h2-5,8-9,19H,6-7H2,1H3,(H,18,22)(H2,17,20,21). The maximum atomic E-state index is 12.1. The molecule has 0 spiro atoms. The van der Waals surface area contributed by atoms with Crippen molar-refractivity contribution in [2.24, 2.45) is 0 Å². The van der Waals surface area contributed by atoms with Crippen LogP contribution in [0.5, 0.6) is 0 Å². The minimum Gasteiger partial charge on any atom is -0.368 e. The van der Waals surface area contributed by atoms with E-state index in [-0.39, 0.29) is 11.9 Å². The van der Waals surface area contributed by atoms with E-state index in [0.29, 0.717) is 17.9 Å². The molecule has 6 nitrogen and oxygen atoms in total. The number of anilines is 1. The van der Waals surface area contributed by atoms with Gasteiger partial charge in [0.1, 0.15) is 5.69 Å². The second-order valence-electron chi connectivity index (χ2n) is 5.12. The number of rotatable bonds is 4. The molecule has 0 unspecified atom stereocenters. The molecule has 0 saturated heterocycles. The second-order valence-corrected chi connectivity index (χ2v) is 5.12. The summed E-state index contributed by atoms with van der Waals surface area (Å²) in [6.07, 6.45) is 2.72. The maximum Gasteiger partial charge on any atom is 0.270 e. The van der Waals surface area contributed by atoms with Crippen LogP contribution in [0.2, 0.25) is 0 Å². The smallest absolute Gasteiger partial charge is 0.270 e. The Balaban J connectivity index is 1.64. The number of amides is 1. The predicted molar refractivity (Wildman–Crippen MR) is 85.5 cm³/mol. The number of para-hydroxylation sites is 1. The lowest BCUT2D eigenvalue weighted by molar-refractivity contribution is 0.0949. The Hall–Kier alpha value is -2.89. The Kier molecular flexibility index (Phi) is 3.74. The van der Waals surface area contributed by atoms with Gasteiger partial charge in [0.05, 0.1) is 0 Å². The van der Waals surface area contributed by atoms with Crippen LogP contribution in [0.4, 0.5) is 5.95 Å². The van der Waals surface area contributed by atoms with Gasteiger partial charge < -0.3 is 16.0 Å². The van der Waals surface area contributed by atoms with E-state index in [2.05, 4.69) is 26.3 Å². The van der Waals surface area contributed by atoms with Crippen LogP contribution in [0, 0.1) is 6.92 Å². The lowest BCUT2D eigenvalue weighted by Gasteiger charge is -2.05. The number of aryl methyl sites for hydroxylation is 1. The number of hydrogen-bond donors (Lipinski definition) is 3. The molecule has 0 aliphatic carbocycles. The van der Waals surface area contributed by atoms with E-state index >= 15 is 0 Å². The molecule has 0 bridgehead atoms. The van der Waals surface area contributed by atoms with Crippen LogP contribution in [-0.2, 0) is 6.42 Å². The van der Waals surface area contributed by atoms with Crippen molar-refractivity contribution in [1.29, 1.82) is 0 Å². The monoisotopic (exact) mass is 295 g/mol. The molecule has 0 saturated carbocycles. The zero-order chi connectivity index (χ0) is 15.5. The van der Waals surface area contributed by atoms with Gasteiger partial charge in [-0.15, -0.1) is 0 Å². The minimum absolute atomic E-state index is 0.113. The maximum absolute atomic E-state index is 12.1. The summed E-state index contributed by atoms with van der Waals surface area (Å²) in [7, 11) is 0. The lowest BCUT2D eigenvalue weighted by Crippen LogP contribution is -2.27. The third-order valence-corrected chi connectivity index (χ3v) is 3.46. The highest BCUT2D eigenvalue weighted by atomic mass is 16.1. The number of hydrogen-bond acceptors (Lipinski definition) is 4. The SMILES string of the molecule is Cc1cc(C(=O)NCCc2c[nH]c3ccccc23)nc(N)n1. The number of carbonyl (C=O) groups excluding carboxylic acids is 1.